The van der Waals surface area contributed by atoms with Crippen molar-refractivity contribution in [2.24, 2.45) is 5.92 Å². The molecular weight excluding hydrogens is 372 g/mol. The first-order valence-electron chi connectivity index (χ1n) is 9.99. The van der Waals surface area contributed by atoms with Gasteiger partial charge in [-0.3, -0.25) is 4.79 Å². The van der Waals surface area contributed by atoms with E-state index in [4.69, 9.17) is 16.3 Å². The molecule has 1 saturated heterocycles. The highest BCUT2D eigenvalue weighted by Gasteiger charge is 2.22. The highest BCUT2D eigenvalue weighted by Crippen LogP contribution is 2.18. The fourth-order valence-corrected chi connectivity index (χ4v) is 3.83. The van der Waals surface area contributed by atoms with E-state index >= 15 is 0 Å². The van der Waals surface area contributed by atoms with E-state index in [2.05, 4.69) is 17.0 Å². The number of halogens is 1. The molecule has 28 heavy (non-hydrogen) atoms. The van der Waals surface area contributed by atoms with Crippen molar-refractivity contribution in [1.82, 2.24) is 9.80 Å². The predicted octanol–water partition coefficient (Wildman–Crippen LogP) is 4.13. The highest BCUT2D eigenvalue weighted by molar-refractivity contribution is 6.30. The molecule has 0 aromatic heterocycles. The molecule has 1 amide bonds. The first-order chi connectivity index (χ1) is 13.6. The van der Waals surface area contributed by atoms with Crippen molar-refractivity contribution in [3.05, 3.63) is 65.2 Å². The van der Waals surface area contributed by atoms with Crippen LogP contribution in [0.15, 0.2) is 54.6 Å². The number of carbonyl (C=O) groups is 1. The molecule has 1 heterocycles. The number of amides is 1. The third kappa shape index (κ3) is 6.54. The number of likely N-dealkylation sites (tertiary alicyclic amines) is 1. The van der Waals surface area contributed by atoms with Crippen LogP contribution in [-0.4, -0.2) is 55.5 Å². The van der Waals surface area contributed by atoms with Crippen molar-refractivity contribution >= 4 is 17.5 Å². The quantitative estimate of drug-likeness (QED) is 0.667. The lowest BCUT2D eigenvalue weighted by Crippen LogP contribution is -2.43. The third-order valence-corrected chi connectivity index (χ3v) is 5.55. The zero-order chi connectivity index (χ0) is 19.8. The minimum absolute atomic E-state index is 0.0298. The van der Waals surface area contributed by atoms with E-state index in [9.17, 15) is 4.79 Å². The molecule has 2 aromatic rings. The van der Waals surface area contributed by atoms with Crippen LogP contribution >= 0.6 is 11.6 Å². The monoisotopic (exact) mass is 400 g/mol. The number of carbonyl (C=O) groups excluding carboxylic acids is 1. The molecule has 150 valence electrons. The van der Waals surface area contributed by atoms with Gasteiger partial charge in [0.25, 0.3) is 5.91 Å². The Hall–Kier alpha value is -2.04. The van der Waals surface area contributed by atoms with E-state index in [1.807, 2.05) is 54.4 Å². The van der Waals surface area contributed by atoms with Gasteiger partial charge in [0, 0.05) is 31.7 Å². The van der Waals surface area contributed by atoms with Crippen LogP contribution in [0.3, 0.4) is 0 Å². The Morgan fingerprint density at radius 3 is 2.68 bits per heavy atom. The van der Waals surface area contributed by atoms with Gasteiger partial charge >= 0.3 is 0 Å². The smallest absolute Gasteiger partial charge is 0.260 e. The Balaban J connectivity index is 1.40. The van der Waals surface area contributed by atoms with Gasteiger partial charge in [0.15, 0.2) is 6.61 Å². The first kappa shape index (κ1) is 20.7. The Morgan fingerprint density at radius 1 is 1.18 bits per heavy atom. The van der Waals surface area contributed by atoms with E-state index in [1.54, 1.807) is 0 Å². The summed E-state index contributed by atoms with van der Waals surface area (Å²) in [7, 11) is 1.88. The molecule has 1 aliphatic rings. The molecule has 0 bridgehead atoms. The standard InChI is InChI=1S/C23H29ClN2O2/c1-25(23(27)18-28-22-7-3-2-4-8-22)16-20-6-5-14-26(17-20)15-13-19-9-11-21(24)12-10-19/h2-4,7-12,20H,5-6,13-18H2,1H3/t20-/m1/s1. The summed E-state index contributed by atoms with van der Waals surface area (Å²) in [6.45, 7) is 4.11. The number of piperidine rings is 1. The van der Waals surface area contributed by atoms with Gasteiger partial charge < -0.3 is 14.5 Å². The van der Waals surface area contributed by atoms with Crippen molar-refractivity contribution in [1.29, 1.82) is 0 Å². The molecule has 1 aliphatic heterocycles. The average Bonchev–Trinajstić information content (AvgIpc) is 2.72. The summed E-state index contributed by atoms with van der Waals surface area (Å²) in [6.07, 6.45) is 3.39. The molecule has 0 radical (unpaired) electrons. The van der Waals surface area contributed by atoms with E-state index in [0.29, 0.717) is 5.92 Å². The zero-order valence-corrected chi connectivity index (χ0v) is 17.3. The van der Waals surface area contributed by atoms with E-state index in [-0.39, 0.29) is 12.5 Å². The molecule has 3 rings (SSSR count). The number of ether oxygens (including phenoxy) is 1. The largest absolute Gasteiger partial charge is 0.484 e. The van der Waals surface area contributed by atoms with Crippen LogP contribution in [0.4, 0.5) is 0 Å². The number of hydrogen-bond donors (Lipinski definition) is 0. The normalized spacial score (nSPS) is 17.3. The molecule has 4 nitrogen and oxygen atoms in total. The maximum atomic E-state index is 12.4. The van der Waals surface area contributed by atoms with Crippen LogP contribution in [0.5, 0.6) is 5.75 Å². The molecule has 1 fully saturated rings. The zero-order valence-electron chi connectivity index (χ0n) is 16.5. The summed E-state index contributed by atoms with van der Waals surface area (Å²) in [4.78, 5) is 16.7. The predicted molar refractivity (Wildman–Crippen MR) is 114 cm³/mol. The Bertz CT molecular complexity index is 736. The highest BCUT2D eigenvalue weighted by atomic mass is 35.5. The van der Waals surface area contributed by atoms with Crippen LogP contribution in [0, 0.1) is 5.92 Å². The minimum Gasteiger partial charge on any atom is -0.484 e. The summed E-state index contributed by atoms with van der Waals surface area (Å²) >= 11 is 5.96. The van der Waals surface area contributed by atoms with Crippen LogP contribution in [-0.2, 0) is 11.2 Å². The summed E-state index contributed by atoms with van der Waals surface area (Å²) in [5.74, 6) is 1.28. The van der Waals surface area contributed by atoms with Gasteiger partial charge in [-0.05, 0) is 61.6 Å². The molecule has 0 spiro atoms. The van der Waals surface area contributed by atoms with Gasteiger partial charge in [-0.2, -0.15) is 0 Å². The van der Waals surface area contributed by atoms with E-state index < -0.39 is 0 Å². The van der Waals surface area contributed by atoms with Gasteiger partial charge in [0.05, 0.1) is 0 Å². The van der Waals surface area contributed by atoms with Crippen LogP contribution in [0.2, 0.25) is 5.02 Å². The van der Waals surface area contributed by atoms with Crippen LogP contribution in [0.1, 0.15) is 18.4 Å². The number of rotatable bonds is 8. The fourth-order valence-electron chi connectivity index (χ4n) is 3.70. The van der Waals surface area contributed by atoms with Gasteiger partial charge in [-0.25, -0.2) is 0 Å². The molecule has 1 atom stereocenters. The molecule has 0 unspecified atom stereocenters. The van der Waals surface area contributed by atoms with E-state index in [0.717, 1.165) is 43.4 Å². The SMILES string of the molecule is CN(C[C@H]1CCCN(CCc2ccc(Cl)cc2)C1)C(=O)COc1ccccc1. The first-order valence-corrected chi connectivity index (χ1v) is 10.4. The van der Waals surface area contributed by atoms with Crippen molar-refractivity contribution in [2.45, 2.75) is 19.3 Å². The van der Waals surface area contributed by atoms with Crippen LogP contribution < -0.4 is 4.74 Å². The molecule has 0 N–H and O–H groups in total. The number of likely N-dealkylation sites (N-methyl/N-ethyl adjacent to an activating group) is 1. The number of benzene rings is 2. The minimum atomic E-state index is 0.0298. The lowest BCUT2D eigenvalue weighted by atomic mass is 9.97. The molecule has 2 aromatic carbocycles. The molecule has 0 aliphatic carbocycles. The summed E-state index contributed by atoms with van der Waals surface area (Å²) in [5, 5.41) is 0.783. The second kappa shape index (κ2) is 10.5. The molecule has 5 heteroatoms. The van der Waals surface area contributed by atoms with E-state index in [1.165, 1.54) is 18.4 Å². The Kier molecular flexibility index (Phi) is 7.75. The van der Waals surface area contributed by atoms with Gasteiger partial charge in [0.1, 0.15) is 5.75 Å². The number of hydrogen-bond acceptors (Lipinski definition) is 3. The second-order valence-electron chi connectivity index (χ2n) is 7.56. The maximum Gasteiger partial charge on any atom is 0.260 e. The lowest BCUT2D eigenvalue weighted by Gasteiger charge is -2.34. The Morgan fingerprint density at radius 2 is 1.93 bits per heavy atom. The lowest BCUT2D eigenvalue weighted by molar-refractivity contribution is -0.132. The second-order valence-corrected chi connectivity index (χ2v) is 8.00. The maximum absolute atomic E-state index is 12.4. The molecule has 0 saturated carbocycles. The topological polar surface area (TPSA) is 32.8 Å². The van der Waals surface area contributed by atoms with Gasteiger partial charge in [0.2, 0.25) is 0 Å². The van der Waals surface area contributed by atoms with Crippen LogP contribution in [0.25, 0.3) is 0 Å². The van der Waals surface area contributed by atoms with Crippen molar-refractivity contribution in [3.63, 3.8) is 0 Å². The van der Waals surface area contributed by atoms with Gasteiger partial charge in [-0.15, -0.1) is 0 Å². The average molecular weight is 401 g/mol. The summed E-state index contributed by atoms with van der Waals surface area (Å²) in [5.41, 5.74) is 1.32. The van der Waals surface area contributed by atoms with Crippen molar-refractivity contribution < 1.29 is 9.53 Å². The van der Waals surface area contributed by atoms with Gasteiger partial charge in [-0.1, -0.05) is 41.9 Å². The molecular formula is C23H29ClN2O2. The Labute approximate surface area is 173 Å². The van der Waals surface area contributed by atoms with Crippen molar-refractivity contribution in [3.8, 4) is 5.75 Å². The summed E-state index contributed by atoms with van der Waals surface area (Å²) in [6, 6.07) is 17.6. The number of para-hydroxylation sites is 1. The fraction of sp³-hybridized carbons (Fsp3) is 0.435. The van der Waals surface area contributed by atoms with Crippen molar-refractivity contribution in [2.75, 3.05) is 39.8 Å². The summed E-state index contributed by atoms with van der Waals surface area (Å²) < 4.78 is 5.58. The number of nitrogens with zero attached hydrogens (tertiary/aromatic N) is 2. The third-order valence-electron chi connectivity index (χ3n) is 5.30.